The van der Waals surface area contributed by atoms with Crippen molar-refractivity contribution in [1.29, 1.82) is 0 Å². The van der Waals surface area contributed by atoms with Crippen LogP contribution in [0, 0.1) is 0 Å². The summed E-state index contributed by atoms with van der Waals surface area (Å²) >= 11 is 1.69. The Kier molecular flexibility index (Phi) is 6.38. The summed E-state index contributed by atoms with van der Waals surface area (Å²) in [6, 6.07) is 8.34. The molecule has 0 spiro atoms. The Hall–Kier alpha value is -1.72. The summed E-state index contributed by atoms with van der Waals surface area (Å²) < 4.78 is 0. The number of aromatic nitrogens is 1. The molecule has 1 amide bonds. The van der Waals surface area contributed by atoms with E-state index >= 15 is 0 Å². The van der Waals surface area contributed by atoms with E-state index < -0.39 is 0 Å². The quantitative estimate of drug-likeness (QED) is 0.876. The minimum Gasteiger partial charge on any atom is -0.334 e. The van der Waals surface area contributed by atoms with Crippen LogP contribution in [0.25, 0.3) is 0 Å². The number of aryl methyl sites for hydroxylation is 1. The van der Waals surface area contributed by atoms with Crippen LogP contribution in [-0.2, 0) is 17.8 Å². The summed E-state index contributed by atoms with van der Waals surface area (Å²) in [4.78, 5) is 19.4. The number of nitrogens with zero attached hydrogens (tertiary/aromatic N) is 2. The lowest BCUT2D eigenvalue weighted by Crippen LogP contribution is -2.40. The first-order valence-electron chi connectivity index (χ1n) is 8.74. The van der Waals surface area contributed by atoms with Gasteiger partial charge in [-0.15, -0.1) is 0 Å². The number of carbonyl (C=O) groups is 1. The van der Waals surface area contributed by atoms with Crippen LogP contribution < -0.4 is 5.32 Å². The normalized spacial score (nSPS) is 18.1. The van der Waals surface area contributed by atoms with Crippen LogP contribution in [0.2, 0.25) is 0 Å². The molecule has 1 atom stereocenters. The van der Waals surface area contributed by atoms with Gasteiger partial charge in [-0.05, 0) is 73.3 Å². The van der Waals surface area contributed by atoms with E-state index in [1.54, 1.807) is 17.5 Å². The Bertz CT molecular complexity index is 607. The first-order chi connectivity index (χ1) is 11.8. The van der Waals surface area contributed by atoms with Crippen molar-refractivity contribution in [3.63, 3.8) is 0 Å². The van der Waals surface area contributed by atoms with Crippen molar-refractivity contribution in [3.05, 3.63) is 52.5 Å². The molecule has 1 N–H and O–H groups in total. The monoisotopic (exact) mass is 343 g/mol. The minimum atomic E-state index is 0.249. The molecule has 0 radical (unpaired) electrons. The lowest BCUT2D eigenvalue weighted by atomic mass is 10.1. The van der Waals surface area contributed by atoms with Crippen LogP contribution in [0.4, 0.5) is 0 Å². The fraction of sp³-hybridized carbons (Fsp3) is 0.474. The molecule has 0 unspecified atom stereocenters. The highest BCUT2D eigenvalue weighted by atomic mass is 32.1. The Morgan fingerprint density at radius 1 is 1.29 bits per heavy atom. The molecule has 1 fully saturated rings. The van der Waals surface area contributed by atoms with Gasteiger partial charge in [-0.3, -0.25) is 9.78 Å². The molecule has 1 aliphatic heterocycles. The molecule has 2 aromatic heterocycles. The number of hydrogen-bond donors (Lipinski definition) is 1. The van der Waals surface area contributed by atoms with Gasteiger partial charge in [0.2, 0.25) is 5.91 Å². The third-order valence-corrected chi connectivity index (χ3v) is 5.30. The number of carbonyl (C=O) groups excluding carboxylic acids is 1. The molecule has 3 rings (SSSR count). The van der Waals surface area contributed by atoms with Crippen molar-refractivity contribution in [2.45, 2.75) is 44.7 Å². The predicted octanol–water partition coefficient (Wildman–Crippen LogP) is 3.25. The maximum atomic E-state index is 12.9. The smallest absolute Gasteiger partial charge is 0.223 e. The van der Waals surface area contributed by atoms with E-state index in [-0.39, 0.29) is 5.91 Å². The number of pyridine rings is 1. The van der Waals surface area contributed by atoms with Crippen molar-refractivity contribution >= 4 is 17.2 Å². The lowest BCUT2D eigenvalue weighted by Gasteiger charge is -2.31. The van der Waals surface area contributed by atoms with E-state index in [4.69, 9.17) is 0 Å². The Morgan fingerprint density at radius 3 is 3.04 bits per heavy atom. The van der Waals surface area contributed by atoms with E-state index in [1.807, 2.05) is 18.2 Å². The van der Waals surface area contributed by atoms with Gasteiger partial charge in [0.1, 0.15) is 0 Å². The highest BCUT2D eigenvalue weighted by Crippen LogP contribution is 2.19. The van der Waals surface area contributed by atoms with E-state index in [0.29, 0.717) is 19.0 Å². The fourth-order valence-corrected chi connectivity index (χ4v) is 3.93. The molecular formula is C19H25N3OS. The average molecular weight is 343 g/mol. The van der Waals surface area contributed by atoms with Gasteiger partial charge < -0.3 is 10.2 Å². The van der Waals surface area contributed by atoms with Gasteiger partial charge in [0, 0.05) is 18.7 Å². The second-order valence-electron chi connectivity index (χ2n) is 6.31. The molecule has 1 aliphatic rings. The Balaban J connectivity index is 1.68. The van der Waals surface area contributed by atoms with Crippen molar-refractivity contribution in [3.8, 4) is 0 Å². The molecular weight excluding hydrogens is 318 g/mol. The first kappa shape index (κ1) is 17.1. The van der Waals surface area contributed by atoms with Gasteiger partial charge in [0.25, 0.3) is 0 Å². The molecule has 5 heteroatoms. The first-order valence-corrected chi connectivity index (χ1v) is 9.68. The molecule has 0 saturated carbocycles. The summed E-state index contributed by atoms with van der Waals surface area (Å²) in [5.74, 6) is 0.249. The molecule has 4 nitrogen and oxygen atoms in total. The van der Waals surface area contributed by atoms with Crippen LogP contribution in [0.1, 0.15) is 36.9 Å². The molecule has 24 heavy (non-hydrogen) atoms. The topological polar surface area (TPSA) is 45.2 Å². The maximum Gasteiger partial charge on any atom is 0.223 e. The largest absolute Gasteiger partial charge is 0.334 e. The van der Waals surface area contributed by atoms with Crippen molar-refractivity contribution in [1.82, 2.24) is 15.2 Å². The van der Waals surface area contributed by atoms with E-state index in [9.17, 15) is 4.79 Å². The highest BCUT2D eigenvalue weighted by Gasteiger charge is 2.24. The number of rotatable bonds is 6. The van der Waals surface area contributed by atoms with Crippen LogP contribution in [0.5, 0.6) is 0 Å². The third-order valence-electron chi connectivity index (χ3n) is 4.57. The molecule has 0 aromatic carbocycles. The standard InChI is InChI=1S/C19H25N3OS/c23-19(7-6-16-9-13-24-15-16)22(14-17-4-1-2-11-21-17)18-5-3-10-20-12-8-18/h1-2,4,9,11,13,15,18,20H,3,5-8,10,12,14H2/t18-/m1/s1. The van der Waals surface area contributed by atoms with Crippen LogP contribution >= 0.6 is 11.3 Å². The van der Waals surface area contributed by atoms with Crippen molar-refractivity contribution in [2.75, 3.05) is 13.1 Å². The number of nitrogens with one attached hydrogen (secondary N) is 1. The lowest BCUT2D eigenvalue weighted by molar-refractivity contribution is -0.134. The summed E-state index contributed by atoms with van der Waals surface area (Å²) in [5.41, 5.74) is 2.23. The molecule has 0 aliphatic carbocycles. The van der Waals surface area contributed by atoms with E-state index in [0.717, 1.165) is 44.5 Å². The van der Waals surface area contributed by atoms with E-state index in [2.05, 4.69) is 32.0 Å². The number of amides is 1. The van der Waals surface area contributed by atoms with E-state index in [1.165, 1.54) is 5.56 Å². The van der Waals surface area contributed by atoms with Crippen LogP contribution in [0.3, 0.4) is 0 Å². The van der Waals surface area contributed by atoms with Crippen LogP contribution in [0.15, 0.2) is 41.2 Å². The molecule has 3 heterocycles. The highest BCUT2D eigenvalue weighted by molar-refractivity contribution is 7.07. The predicted molar refractivity (Wildman–Crippen MR) is 97.9 cm³/mol. The van der Waals surface area contributed by atoms with Gasteiger partial charge >= 0.3 is 0 Å². The van der Waals surface area contributed by atoms with Gasteiger partial charge in [-0.2, -0.15) is 11.3 Å². The zero-order chi connectivity index (χ0) is 16.6. The minimum absolute atomic E-state index is 0.249. The van der Waals surface area contributed by atoms with Crippen molar-refractivity contribution in [2.24, 2.45) is 0 Å². The second kappa shape index (κ2) is 8.94. The summed E-state index contributed by atoms with van der Waals surface area (Å²) in [6.07, 6.45) is 6.43. The fourth-order valence-electron chi connectivity index (χ4n) is 3.23. The average Bonchev–Trinajstić information content (AvgIpc) is 3.00. The summed E-state index contributed by atoms with van der Waals surface area (Å²) in [5, 5.41) is 7.64. The molecule has 0 bridgehead atoms. The molecule has 128 valence electrons. The van der Waals surface area contributed by atoms with Crippen LogP contribution in [-0.4, -0.2) is 34.9 Å². The molecule has 1 saturated heterocycles. The Labute approximate surface area is 147 Å². The van der Waals surface area contributed by atoms with Gasteiger partial charge in [0.05, 0.1) is 12.2 Å². The second-order valence-corrected chi connectivity index (χ2v) is 7.09. The van der Waals surface area contributed by atoms with Gasteiger partial charge in [-0.1, -0.05) is 6.07 Å². The summed E-state index contributed by atoms with van der Waals surface area (Å²) in [7, 11) is 0. The maximum absolute atomic E-state index is 12.9. The number of hydrogen-bond acceptors (Lipinski definition) is 4. The summed E-state index contributed by atoms with van der Waals surface area (Å²) in [6.45, 7) is 2.66. The zero-order valence-electron chi connectivity index (χ0n) is 14.0. The number of thiophene rings is 1. The SMILES string of the molecule is O=C(CCc1ccsc1)N(Cc1ccccn1)[C@@H]1CCCNCC1. The molecule has 2 aromatic rings. The third kappa shape index (κ3) is 4.89. The zero-order valence-corrected chi connectivity index (χ0v) is 14.8. The van der Waals surface area contributed by atoms with Gasteiger partial charge in [0.15, 0.2) is 0 Å². The Morgan fingerprint density at radius 2 is 2.25 bits per heavy atom. The van der Waals surface area contributed by atoms with Crippen molar-refractivity contribution < 1.29 is 4.79 Å². The van der Waals surface area contributed by atoms with Gasteiger partial charge in [-0.25, -0.2) is 0 Å².